The van der Waals surface area contributed by atoms with Gasteiger partial charge in [-0.2, -0.15) is 0 Å². The van der Waals surface area contributed by atoms with Crippen molar-refractivity contribution in [3.8, 4) is 11.1 Å². The van der Waals surface area contributed by atoms with Crippen molar-refractivity contribution in [2.45, 2.75) is 97.3 Å². The van der Waals surface area contributed by atoms with Gasteiger partial charge in [-0.05, 0) is 93.5 Å². The van der Waals surface area contributed by atoms with Gasteiger partial charge in [0.1, 0.15) is 0 Å². The van der Waals surface area contributed by atoms with E-state index in [0.717, 1.165) is 11.4 Å². The molecule has 246 valence electrons. The molecule has 5 rings (SSSR count). The van der Waals surface area contributed by atoms with Gasteiger partial charge in [-0.15, -0.1) is 0 Å². The lowest BCUT2D eigenvalue weighted by Gasteiger charge is -2.39. The van der Waals surface area contributed by atoms with Crippen LogP contribution in [0.2, 0.25) is 0 Å². The molecule has 0 fully saturated rings. The lowest BCUT2D eigenvalue weighted by atomic mass is 9.65. The maximum absolute atomic E-state index is 5.96. The van der Waals surface area contributed by atoms with Gasteiger partial charge in [0.2, 0.25) is 0 Å². The molecule has 0 radical (unpaired) electrons. The average molecular weight is 625 g/mol. The molecule has 2 nitrogen and oxygen atoms in total. The summed E-state index contributed by atoms with van der Waals surface area (Å²) in [6.45, 7) is 9.49. The maximum atomic E-state index is 5.96. The van der Waals surface area contributed by atoms with Gasteiger partial charge in [-0.1, -0.05) is 164 Å². The van der Waals surface area contributed by atoms with Crippen molar-refractivity contribution >= 4 is 35.7 Å². The SMILES string of the molecule is CCCCC(CC)CC1(CC(CC)CCCC)c2cc(/C=C/c3ccc(N)cc3)ccc2-c2ccc(/C=C/c3ccc(N)cc3)cc21. The molecule has 1 aliphatic carbocycles. The Balaban J connectivity index is 1.64. The van der Waals surface area contributed by atoms with Crippen molar-refractivity contribution in [1.29, 1.82) is 0 Å². The summed E-state index contributed by atoms with van der Waals surface area (Å²) in [5.74, 6) is 1.39. The molecule has 4 aromatic carbocycles. The van der Waals surface area contributed by atoms with Crippen molar-refractivity contribution in [2.75, 3.05) is 11.5 Å². The largest absolute Gasteiger partial charge is 0.399 e. The standard InChI is InChI=1S/C45H56N2/c1-5-9-11-33(7-3)31-45(32-34(8-4)12-10-6-2)43-29-37(15-13-35-17-23-39(46)24-18-35)21-27-41(43)42-28-22-38(30-44(42)45)16-14-36-19-25-40(47)26-20-36/h13-30,33-34H,5-12,31-32,46-47H2,1-4H3/b15-13+,16-14+. The molecule has 0 saturated carbocycles. The van der Waals surface area contributed by atoms with Gasteiger partial charge in [0.25, 0.3) is 0 Å². The van der Waals surface area contributed by atoms with E-state index in [1.165, 1.54) is 109 Å². The number of unbranched alkanes of at least 4 members (excludes halogenated alkanes) is 2. The first-order valence-corrected chi connectivity index (χ1v) is 18.3. The van der Waals surface area contributed by atoms with Crippen LogP contribution < -0.4 is 11.5 Å². The Labute approximate surface area is 285 Å². The molecule has 0 heterocycles. The molecule has 0 aliphatic heterocycles. The van der Waals surface area contributed by atoms with Crippen LogP contribution in [0.1, 0.15) is 125 Å². The smallest absolute Gasteiger partial charge is 0.0314 e. The summed E-state index contributed by atoms with van der Waals surface area (Å²) in [4.78, 5) is 0. The van der Waals surface area contributed by atoms with Crippen LogP contribution in [0.3, 0.4) is 0 Å². The van der Waals surface area contributed by atoms with Gasteiger partial charge in [0.15, 0.2) is 0 Å². The quantitative estimate of drug-likeness (QED) is 0.0962. The molecule has 0 aromatic heterocycles. The monoisotopic (exact) mass is 624 g/mol. The highest BCUT2D eigenvalue weighted by Crippen LogP contribution is 2.56. The molecular formula is C45H56N2. The third kappa shape index (κ3) is 8.28. The van der Waals surface area contributed by atoms with Gasteiger partial charge in [-0.3, -0.25) is 0 Å². The molecule has 4 aromatic rings. The van der Waals surface area contributed by atoms with Crippen LogP contribution in [0.4, 0.5) is 11.4 Å². The van der Waals surface area contributed by atoms with Crippen molar-refractivity contribution in [3.63, 3.8) is 0 Å². The van der Waals surface area contributed by atoms with E-state index in [2.05, 4.69) is 113 Å². The summed E-state index contributed by atoms with van der Waals surface area (Å²) >= 11 is 0. The van der Waals surface area contributed by atoms with Gasteiger partial charge >= 0.3 is 0 Å². The first kappa shape index (κ1) is 34.3. The predicted octanol–water partition coefficient (Wildman–Crippen LogP) is 12.7. The lowest BCUT2D eigenvalue weighted by Crippen LogP contribution is -2.31. The van der Waals surface area contributed by atoms with Gasteiger partial charge in [-0.25, -0.2) is 0 Å². The molecule has 4 N–H and O–H groups in total. The maximum Gasteiger partial charge on any atom is 0.0314 e. The van der Waals surface area contributed by atoms with Crippen LogP contribution in [-0.2, 0) is 5.41 Å². The topological polar surface area (TPSA) is 52.0 Å². The first-order valence-electron chi connectivity index (χ1n) is 18.3. The van der Waals surface area contributed by atoms with Crippen LogP contribution in [-0.4, -0.2) is 0 Å². The Bertz CT molecular complexity index is 1520. The van der Waals surface area contributed by atoms with E-state index in [9.17, 15) is 0 Å². The minimum absolute atomic E-state index is 0.0103. The van der Waals surface area contributed by atoms with Gasteiger partial charge in [0, 0.05) is 16.8 Å². The predicted molar refractivity (Wildman–Crippen MR) is 208 cm³/mol. The number of nitrogen functional groups attached to an aromatic ring is 2. The summed E-state index contributed by atoms with van der Waals surface area (Å²) in [6.07, 6.45) is 21.6. The average Bonchev–Trinajstić information content (AvgIpc) is 3.35. The lowest BCUT2D eigenvalue weighted by molar-refractivity contribution is 0.266. The van der Waals surface area contributed by atoms with Crippen molar-refractivity contribution in [3.05, 3.63) is 118 Å². The molecule has 0 bridgehead atoms. The summed E-state index contributed by atoms with van der Waals surface area (Å²) in [5.41, 5.74) is 24.3. The summed E-state index contributed by atoms with van der Waals surface area (Å²) in [6, 6.07) is 30.8. The van der Waals surface area contributed by atoms with Gasteiger partial charge < -0.3 is 11.5 Å². The summed E-state index contributed by atoms with van der Waals surface area (Å²) < 4.78 is 0. The van der Waals surface area contributed by atoms with Crippen LogP contribution in [0.5, 0.6) is 0 Å². The zero-order valence-electron chi connectivity index (χ0n) is 29.3. The Morgan fingerprint density at radius 1 is 0.511 bits per heavy atom. The number of rotatable bonds is 16. The van der Waals surface area contributed by atoms with E-state index in [1.807, 2.05) is 24.3 Å². The fourth-order valence-corrected chi connectivity index (χ4v) is 7.73. The Morgan fingerprint density at radius 3 is 1.23 bits per heavy atom. The van der Waals surface area contributed by atoms with Crippen LogP contribution in [0.25, 0.3) is 35.4 Å². The third-order valence-electron chi connectivity index (χ3n) is 10.6. The zero-order valence-corrected chi connectivity index (χ0v) is 29.3. The van der Waals surface area contributed by atoms with E-state index >= 15 is 0 Å². The molecular weight excluding hydrogens is 569 g/mol. The number of nitrogens with two attached hydrogens (primary N) is 2. The number of hydrogen-bond donors (Lipinski definition) is 2. The van der Waals surface area contributed by atoms with Gasteiger partial charge in [0.05, 0.1) is 0 Å². The number of benzene rings is 4. The number of fused-ring (bicyclic) bond motifs is 3. The molecule has 47 heavy (non-hydrogen) atoms. The van der Waals surface area contributed by atoms with Crippen LogP contribution >= 0.6 is 0 Å². The van der Waals surface area contributed by atoms with Crippen molar-refractivity contribution in [1.82, 2.24) is 0 Å². The third-order valence-corrected chi connectivity index (χ3v) is 10.6. The molecule has 0 saturated heterocycles. The fraction of sp³-hybridized carbons (Fsp3) is 0.378. The fourth-order valence-electron chi connectivity index (χ4n) is 7.73. The van der Waals surface area contributed by atoms with E-state index in [4.69, 9.17) is 11.5 Å². The van der Waals surface area contributed by atoms with Crippen molar-refractivity contribution < 1.29 is 0 Å². The second-order valence-corrected chi connectivity index (χ2v) is 13.9. The van der Waals surface area contributed by atoms with Crippen LogP contribution in [0.15, 0.2) is 84.9 Å². The Kier molecular flexibility index (Phi) is 11.8. The summed E-state index contributed by atoms with van der Waals surface area (Å²) in [5, 5.41) is 0. The molecule has 0 amide bonds. The zero-order chi connectivity index (χ0) is 33.2. The van der Waals surface area contributed by atoms with E-state index in [-0.39, 0.29) is 5.41 Å². The van der Waals surface area contributed by atoms with E-state index < -0.39 is 0 Å². The Morgan fingerprint density at radius 2 is 0.872 bits per heavy atom. The summed E-state index contributed by atoms with van der Waals surface area (Å²) in [7, 11) is 0. The van der Waals surface area contributed by atoms with Crippen LogP contribution in [0, 0.1) is 11.8 Å². The molecule has 1 aliphatic rings. The minimum Gasteiger partial charge on any atom is -0.399 e. The first-order chi connectivity index (χ1) is 22.9. The highest BCUT2D eigenvalue weighted by atomic mass is 14.5. The normalized spacial score (nSPS) is 14.8. The van der Waals surface area contributed by atoms with Crippen molar-refractivity contribution in [2.24, 2.45) is 11.8 Å². The van der Waals surface area contributed by atoms with E-state index in [0.29, 0.717) is 11.8 Å². The molecule has 2 atom stereocenters. The van der Waals surface area contributed by atoms with E-state index in [1.54, 1.807) is 0 Å². The minimum atomic E-state index is -0.0103. The molecule has 0 spiro atoms. The highest BCUT2D eigenvalue weighted by Gasteiger charge is 2.45. The second-order valence-electron chi connectivity index (χ2n) is 13.9. The number of hydrogen-bond acceptors (Lipinski definition) is 2. The number of anilines is 2. The molecule has 2 heteroatoms. The molecule has 2 unspecified atom stereocenters. The highest BCUT2D eigenvalue weighted by molar-refractivity contribution is 5.85. The Hall–Kier alpha value is -4.04. The second kappa shape index (κ2) is 16.2.